The fourth-order valence-corrected chi connectivity index (χ4v) is 1.98. The smallest absolute Gasteiger partial charge is 0.137 e. The number of rotatable bonds is 3. The number of thiazole rings is 1. The van der Waals surface area contributed by atoms with Crippen molar-refractivity contribution < 1.29 is 4.74 Å². The Balaban J connectivity index is 2.12. The molecule has 0 aliphatic carbocycles. The predicted octanol–water partition coefficient (Wildman–Crippen LogP) is 2.48. The zero-order chi connectivity index (χ0) is 12.3. The molecule has 0 saturated heterocycles. The zero-order valence-corrected chi connectivity index (χ0v) is 10.1. The van der Waals surface area contributed by atoms with Gasteiger partial charge in [-0.1, -0.05) is 0 Å². The van der Waals surface area contributed by atoms with E-state index in [1.807, 2.05) is 12.3 Å². The highest BCUT2D eigenvalue weighted by Crippen LogP contribution is 2.21. The number of aryl methyl sites for hydroxylation is 1. The van der Waals surface area contributed by atoms with E-state index in [1.165, 1.54) is 0 Å². The Hall–Kier alpha value is -2.06. The molecule has 2 rings (SSSR count). The molecule has 2 aromatic rings. The van der Waals surface area contributed by atoms with Gasteiger partial charge in [0, 0.05) is 11.1 Å². The highest BCUT2D eigenvalue weighted by atomic mass is 32.1. The first-order valence-corrected chi connectivity index (χ1v) is 5.90. The molecular weight excluding hydrogens is 234 g/mol. The topological polar surface area (TPSA) is 71.9 Å². The lowest BCUT2D eigenvalue weighted by atomic mass is 10.2. The Kier molecular flexibility index (Phi) is 3.26. The van der Waals surface area contributed by atoms with Crippen LogP contribution in [0.4, 0.5) is 5.69 Å². The first-order valence-electron chi connectivity index (χ1n) is 5.02. The molecule has 1 heterocycles. The molecule has 4 nitrogen and oxygen atoms in total. The molecular formula is C12H11N3OS. The number of anilines is 1. The molecule has 0 aliphatic rings. The average molecular weight is 245 g/mol. The summed E-state index contributed by atoms with van der Waals surface area (Å²) in [6.45, 7) is 2.31. The number of hydrogen-bond acceptors (Lipinski definition) is 5. The van der Waals surface area contributed by atoms with Gasteiger partial charge in [-0.3, -0.25) is 0 Å². The standard InChI is InChI=1S/C12H11N3OS/c1-8-15-11(7-17-8)6-16-12-3-2-10(14)4-9(12)5-13/h2-4,7H,6,14H2,1H3. The number of hydrogen-bond donors (Lipinski definition) is 1. The summed E-state index contributed by atoms with van der Waals surface area (Å²) in [6, 6.07) is 7.07. The van der Waals surface area contributed by atoms with Gasteiger partial charge >= 0.3 is 0 Å². The Labute approximate surface area is 103 Å². The predicted molar refractivity (Wildman–Crippen MR) is 66.8 cm³/mol. The van der Waals surface area contributed by atoms with Gasteiger partial charge in [0.25, 0.3) is 0 Å². The molecule has 5 heteroatoms. The van der Waals surface area contributed by atoms with Gasteiger partial charge in [-0.15, -0.1) is 11.3 Å². The van der Waals surface area contributed by atoms with Crippen molar-refractivity contribution in [1.82, 2.24) is 4.98 Å². The number of nitrogens with zero attached hydrogens (tertiary/aromatic N) is 2. The van der Waals surface area contributed by atoms with Crippen molar-refractivity contribution in [3.63, 3.8) is 0 Å². The van der Waals surface area contributed by atoms with E-state index in [1.54, 1.807) is 29.5 Å². The fourth-order valence-electron chi connectivity index (χ4n) is 1.39. The summed E-state index contributed by atoms with van der Waals surface area (Å²) in [5.41, 5.74) is 7.46. The highest BCUT2D eigenvalue weighted by molar-refractivity contribution is 7.09. The van der Waals surface area contributed by atoms with Crippen LogP contribution in [-0.4, -0.2) is 4.98 Å². The van der Waals surface area contributed by atoms with Crippen LogP contribution in [-0.2, 0) is 6.61 Å². The average Bonchev–Trinajstić information content (AvgIpc) is 2.73. The molecule has 0 bridgehead atoms. The molecule has 1 aromatic heterocycles. The molecule has 0 atom stereocenters. The summed E-state index contributed by atoms with van der Waals surface area (Å²) in [5.74, 6) is 0.535. The molecule has 0 radical (unpaired) electrons. The van der Waals surface area contributed by atoms with Crippen LogP contribution in [0, 0.1) is 18.3 Å². The molecule has 2 N–H and O–H groups in total. The third-order valence-electron chi connectivity index (χ3n) is 2.17. The maximum Gasteiger partial charge on any atom is 0.137 e. The summed E-state index contributed by atoms with van der Waals surface area (Å²) >= 11 is 1.58. The maximum absolute atomic E-state index is 8.95. The minimum absolute atomic E-state index is 0.364. The summed E-state index contributed by atoms with van der Waals surface area (Å²) in [5, 5.41) is 11.9. The molecule has 0 unspecified atom stereocenters. The summed E-state index contributed by atoms with van der Waals surface area (Å²) < 4.78 is 5.55. The number of ether oxygens (including phenoxy) is 1. The van der Waals surface area contributed by atoms with Crippen LogP contribution >= 0.6 is 11.3 Å². The number of nitrogen functional groups attached to an aromatic ring is 1. The van der Waals surface area contributed by atoms with Gasteiger partial charge in [0.1, 0.15) is 18.4 Å². The largest absolute Gasteiger partial charge is 0.486 e. The van der Waals surface area contributed by atoms with Gasteiger partial charge in [-0.2, -0.15) is 5.26 Å². The quantitative estimate of drug-likeness (QED) is 0.843. The number of benzene rings is 1. The lowest BCUT2D eigenvalue weighted by Crippen LogP contribution is -1.98. The van der Waals surface area contributed by atoms with Crippen LogP contribution < -0.4 is 10.5 Å². The first-order chi connectivity index (χ1) is 8.19. The van der Waals surface area contributed by atoms with Crippen molar-refractivity contribution >= 4 is 17.0 Å². The van der Waals surface area contributed by atoms with E-state index >= 15 is 0 Å². The summed E-state index contributed by atoms with van der Waals surface area (Å²) in [7, 11) is 0. The zero-order valence-electron chi connectivity index (χ0n) is 9.30. The Morgan fingerprint density at radius 2 is 2.35 bits per heavy atom. The normalized spacial score (nSPS) is 9.88. The van der Waals surface area contributed by atoms with Crippen molar-refractivity contribution in [2.45, 2.75) is 13.5 Å². The van der Waals surface area contributed by atoms with Crippen molar-refractivity contribution in [2.75, 3.05) is 5.73 Å². The van der Waals surface area contributed by atoms with Gasteiger partial charge < -0.3 is 10.5 Å². The fraction of sp³-hybridized carbons (Fsp3) is 0.167. The molecule has 86 valence electrons. The molecule has 17 heavy (non-hydrogen) atoms. The van der Waals surface area contributed by atoms with Crippen molar-refractivity contribution in [1.29, 1.82) is 5.26 Å². The SMILES string of the molecule is Cc1nc(COc2ccc(N)cc2C#N)cs1. The lowest BCUT2D eigenvalue weighted by molar-refractivity contribution is 0.301. The van der Waals surface area contributed by atoms with E-state index in [2.05, 4.69) is 11.1 Å². The van der Waals surface area contributed by atoms with E-state index in [4.69, 9.17) is 15.7 Å². The van der Waals surface area contributed by atoms with Crippen LogP contribution in [0.25, 0.3) is 0 Å². The van der Waals surface area contributed by atoms with Gasteiger partial charge in [-0.25, -0.2) is 4.98 Å². The molecule has 0 saturated carbocycles. The monoisotopic (exact) mass is 245 g/mol. The molecule has 0 aliphatic heterocycles. The second-order valence-corrected chi connectivity index (χ2v) is 4.58. The Morgan fingerprint density at radius 1 is 1.53 bits per heavy atom. The maximum atomic E-state index is 8.95. The third-order valence-corrected chi connectivity index (χ3v) is 2.99. The van der Waals surface area contributed by atoms with Gasteiger partial charge in [0.15, 0.2) is 0 Å². The Morgan fingerprint density at radius 3 is 3.00 bits per heavy atom. The van der Waals surface area contributed by atoms with Crippen LogP contribution in [0.1, 0.15) is 16.3 Å². The van der Waals surface area contributed by atoms with Crippen LogP contribution in [0.2, 0.25) is 0 Å². The van der Waals surface area contributed by atoms with Crippen molar-refractivity contribution in [3.8, 4) is 11.8 Å². The van der Waals surface area contributed by atoms with Crippen LogP contribution in [0.5, 0.6) is 5.75 Å². The van der Waals surface area contributed by atoms with Crippen LogP contribution in [0.15, 0.2) is 23.6 Å². The molecule has 0 spiro atoms. The van der Waals surface area contributed by atoms with E-state index in [-0.39, 0.29) is 0 Å². The summed E-state index contributed by atoms with van der Waals surface area (Å²) in [6.07, 6.45) is 0. The van der Waals surface area contributed by atoms with Gasteiger partial charge in [0.05, 0.1) is 16.3 Å². The Bertz CT molecular complexity index is 571. The van der Waals surface area contributed by atoms with Gasteiger partial charge in [-0.05, 0) is 25.1 Å². The number of nitriles is 1. The van der Waals surface area contributed by atoms with E-state index in [9.17, 15) is 0 Å². The molecule has 0 fully saturated rings. The lowest BCUT2D eigenvalue weighted by Gasteiger charge is -2.06. The second-order valence-electron chi connectivity index (χ2n) is 3.51. The molecule has 0 amide bonds. The second kappa shape index (κ2) is 4.85. The first kappa shape index (κ1) is 11.4. The summed E-state index contributed by atoms with van der Waals surface area (Å²) in [4.78, 5) is 4.28. The third kappa shape index (κ3) is 2.74. The van der Waals surface area contributed by atoms with E-state index in [0.29, 0.717) is 23.6 Å². The highest BCUT2D eigenvalue weighted by Gasteiger charge is 2.05. The number of nitrogens with two attached hydrogens (primary N) is 1. The number of aromatic nitrogens is 1. The molecule has 1 aromatic carbocycles. The van der Waals surface area contributed by atoms with E-state index < -0.39 is 0 Å². The van der Waals surface area contributed by atoms with Crippen LogP contribution in [0.3, 0.4) is 0 Å². The van der Waals surface area contributed by atoms with E-state index in [0.717, 1.165) is 10.7 Å². The minimum atomic E-state index is 0.364. The van der Waals surface area contributed by atoms with Crippen molar-refractivity contribution in [2.24, 2.45) is 0 Å². The minimum Gasteiger partial charge on any atom is -0.486 e. The van der Waals surface area contributed by atoms with Gasteiger partial charge in [0.2, 0.25) is 0 Å². The van der Waals surface area contributed by atoms with Crippen molar-refractivity contribution in [3.05, 3.63) is 39.8 Å².